The molecule has 1 aromatic rings. The van der Waals surface area contributed by atoms with Crippen molar-refractivity contribution in [2.75, 3.05) is 12.8 Å². The van der Waals surface area contributed by atoms with Gasteiger partial charge in [0.2, 0.25) is 15.8 Å². The van der Waals surface area contributed by atoms with Gasteiger partial charge in [-0.1, -0.05) is 6.07 Å². The van der Waals surface area contributed by atoms with Crippen molar-refractivity contribution in [2.24, 2.45) is 0 Å². The van der Waals surface area contributed by atoms with Crippen LogP contribution in [-0.2, 0) is 20.8 Å². The summed E-state index contributed by atoms with van der Waals surface area (Å²) in [4.78, 5) is 8.92. The first-order chi connectivity index (χ1) is 9.16. The smallest absolute Gasteiger partial charge is 0.260 e. The summed E-state index contributed by atoms with van der Waals surface area (Å²) in [5.74, 6) is -1.23. The number of nitro groups is 1. The van der Waals surface area contributed by atoms with E-state index < -0.39 is 47.4 Å². The van der Waals surface area contributed by atoms with Gasteiger partial charge in [0.15, 0.2) is 4.90 Å². The maximum atomic E-state index is 13.4. The first-order valence-corrected chi connectivity index (χ1v) is 8.52. The van der Waals surface area contributed by atoms with Gasteiger partial charge in [0.1, 0.15) is 0 Å². The second kappa shape index (κ2) is 6.37. The summed E-state index contributed by atoms with van der Waals surface area (Å²) < 4.78 is 50.5. The van der Waals surface area contributed by atoms with Crippen LogP contribution in [0.3, 0.4) is 0 Å². The normalized spacial score (nSPS) is 14.8. The quantitative estimate of drug-likeness (QED) is 0.615. The van der Waals surface area contributed by atoms with Gasteiger partial charge >= 0.3 is 5.69 Å². The number of nitrogens with one attached hydrogen (secondary N) is 1. The highest BCUT2D eigenvalue weighted by atomic mass is 32.2. The monoisotopic (exact) mass is 324 g/mol. The molecule has 0 amide bonds. The molecule has 10 heteroatoms. The molecule has 1 aromatic carbocycles. The van der Waals surface area contributed by atoms with Crippen LogP contribution >= 0.6 is 0 Å². The molecule has 0 spiro atoms. The molecule has 2 unspecified atom stereocenters. The predicted molar refractivity (Wildman–Crippen MR) is 71.8 cm³/mol. The van der Waals surface area contributed by atoms with E-state index in [4.69, 9.17) is 0 Å². The van der Waals surface area contributed by atoms with Crippen LogP contribution in [0, 0.1) is 15.9 Å². The molecule has 0 aliphatic heterocycles. The Bertz CT molecular complexity index is 647. The van der Waals surface area contributed by atoms with Crippen molar-refractivity contribution in [3.63, 3.8) is 0 Å². The Morgan fingerprint density at radius 3 is 2.60 bits per heavy atom. The van der Waals surface area contributed by atoms with E-state index in [9.17, 15) is 27.1 Å². The van der Waals surface area contributed by atoms with Gasteiger partial charge in [0.25, 0.3) is 0 Å². The van der Waals surface area contributed by atoms with Crippen LogP contribution in [-0.4, -0.2) is 35.6 Å². The zero-order chi connectivity index (χ0) is 15.5. The highest BCUT2D eigenvalue weighted by molar-refractivity contribution is 7.89. The van der Waals surface area contributed by atoms with Crippen molar-refractivity contribution < 1.29 is 21.9 Å². The molecular weight excluding hydrogens is 311 g/mol. The molecule has 1 N–H and O–H groups in total. The Morgan fingerprint density at radius 2 is 2.10 bits per heavy atom. The van der Waals surface area contributed by atoms with Crippen LogP contribution in [0.5, 0.6) is 0 Å². The van der Waals surface area contributed by atoms with Crippen molar-refractivity contribution in [1.29, 1.82) is 0 Å². The first kappa shape index (κ1) is 16.7. The summed E-state index contributed by atoms with van der Waals surface area (Å²) in [7, 11) is -5.51. The maximum Gasteiger partial charge on any atom is 0.324 e. The topological polar surface area (TPSA) is 106 Å². The summed E-state index contributed by atoms with van der Waals surface area (Å²) in [6, 6.07) is 2.82. The molecule has 0 fully saturated rings. The van der Waals surface area contributed by atoms with E-state index in [2.05, 4.69) is 4.72 Å². The summed E-state index contributed by atoms with van der Waals surface area (Å²) in [6.07, 6.45) is 1.41. The van der Waals surface area contributed by atoms with Crippen LogP contribution in [0.1, 0.15) is 6.92 Å². The van der Waals surface area contributed by atoms with Crippen molar-refractivity contribution in [3.8, 4) is 0 Å². The number of rotatable bonds is 6. The lowest BCUT2D eigenvalue weighted by molar-refractivity contribution is -0.390. The molecule has 0 aliphatic rings. The van der Waals surface area contributed by atoms with Crippen molar-refractivity contribution in [2.45, 2.75) is 17.1 Å². The van der Waals surface area contributed by atoms with Gasteiger partial charge in [0.05, 0.1) is 4.92 Å². The third-order valence-electron chi connectivity index (χ3n) is 2.55. The Morgan fingerprint density at radius 1 is 1.50 bits per heavy atom. The van der Waals surface area contributed by atoms with Gasteiger partial charge in [-0.25, -0.2) is 13.1 Å². The average Bonchev–Trinajstić information content (AvgIpc) is 2.35. The number of sulfonamides is 1. The van der Waals surface area contributed by atoms with Crippen LogP contribution in [0.4, 0.5) is 10.1 Å². The molecule has 7 nitrogen and oxygen atoms in total. The van der Waals surface area contributed by atoms with Crippen molar-refractivity contribution in [3.05, 3.63) is 34.1 Å². The lowest BCUT2D eigenvalue weighted by atomic mass is 10.3. The fraction of sp³-hybridized carbons (Fsp3) is 0.400. The number of nitro benzene ring substituents is 1. The Labute approximate surface area is 117 Å². The molecule has 0 saturated carbocycles. The number of para-hydroxylation sites is 1. The number of benzene rings is 1. The summed E-state index contributed by atoms with van der Waals surface area (Å²) in [6.45, 7) is 1.39. The highest BCUT2D eigenvalue weighted by Crippen LogP contribution is 2.26. The summed E-state index contributed by atoms with van der Waals surface area (Å²) in [5, 5.41) is 10.3. The Hall–Kier alpha value is -1.39. The molecule has 0 heterocycles. The average molecular weight is 324 g/mol. The van der Waals surface area contributed by atoms with Gasteiger partial charge in [0, 0.05) is 28.9 Å². The predicted octanol–water partition coefficient (Wildman–Crippen LogP) is 0.779. The van der Waals surface area contributed by atoms with Gasteiger partial charge in [-0.05, 0) is 19.1 Å². The molecule has 0 radical (unpaired) electrons. The summed E-state index contributed by atoms with van der Waals surface area (Å²) in [5.41, 5.74) is -1.11. The molecular formula is C10H13FN2O5S2. The molecule has 20 heavy (non-hydrogen) atoms. The molecule has 1 rings (SSSR count). The van der Waals surface area contributed by atoms with Gasteiger partial charge < -0.3 is 0 Å². The highest BCUT2D eigenvalue weighted by Gasteiger charge is 2.29. The van der Waals surface area contributed by atoms with Crippen LogP contribution < -0.4 is 4.72 Å². The largest absolute Gasteiger partial charge is 0.324 e. The number of halogens is 1. The Kier molecular flexibility index (Phi) is 5.31. The fourth-order valence-corrected chi connectivity index (χ4v) is 3.04. The van der Waals surface area contributed by atoms with E-state index >= 15 is 0 Å². The SMILES string of the molecule is CC(CNS(=O)(=O)c1cccc(F)c1[N+](=O)[O-])S(C)=O. The fourth-order valence-electron chi connectivity index (χ4n) is 1.31. The number of nitrogens with zero attached hydrogens (tertiary/aromatic N) is 1. The third kappa shape index (κ3) is 3.81. The second-order valence-electron chi connectivity index (χ2n) is 4.00. The number of hydrogen-bond acceptors (Lipinski definition) is 5. The van der Waals surface area contributed by atoms with Crippen LogP contribution in [0.25, 0.3) is 0 Å². The second-order valence-corrected chi connectivity index (χ2v) is 7.54. The van der Waals surface area contributed by atoms with Crippen LogP contribution in [0.15, 0.2) is 23.1 Å². The van der Waals surface area contributed by atoms with Gasteiger partial charge in [-0.2, -0.15) is 4.39 Å². The third-order valence-corrected chi connectivity index (χ3v) is 5.30. The van der Waals surface area contributed by atoms with Gasteiger partial charge in [-0.15, -0.1) is 0 Å². The minimum atomic E-state index is -4.25. The maximum absolute atomic E-state index is 13.4. The minimum Gasteiger partial charge on any atom is -0.260 e. The molecule has 112 valence electrons. The summed E-state index contributed by atoms with van der Waals surface area (Å²) >= 11 is 0. The van der Waals surface area contributed by atoms with Gasteiger partial charge in [-0.3, -0.25) is 14.3 Å². The Balaban J connectivity index is 3.14. The van der Waals surface area contributed by atoms with Crippen molar-refractivity contribution >= 4 is 26.5 Å². The van der Waals surface area contributed by atoms with E-state index in [0.717, 1.165) is 18.2 Å². The number of hydrogen-bond donors (Lipinski definition) is 1. The van der Waals surface area contributed by atoms with E-state index in [1.807, 2.05) is 0 Å². The molecule has 0 bridgehead atoms. The minimum absolute atomic E-state index is 0.168. The zero-order valence-corrected chi connectivity index (χ0v) is 12.3. The van der Waals surface area contributed by atoms with E-state index in [-0.39, 0.29) is 6.54 Å². The molecule has 0 saturated heterocycles. The first-order valence-electron chi connectivity index (χ1n) is 5.41. The lowest BCUT2D eigenvalue weighted by Gasteiger charge is -2.11. The zero-order valence-electron chi connectivity index (χ0n) is 10.7. The van der Waals surface area contributed by atoms with E-state index in [0.29, 0.717) is 0 Å². The van der Waals surface area contributed by atoms with E-state index in [1.54, 1.807) is 6.92 Å². The standard InChI is InChI=1S/C10H13FN2O5S2/c1-7(19(2)16)6-12-20(17,18)9-5-3-4-8(11)10(9)13(14)15/h3-5,7,12H,6H2,1-2H3. The molecule has 2 atom stereocenters. The van der Waals surface area contributed by atoms with E-state index in [1.165, 1.54) is 6.26 Å². The lowest BCUT2D eigenvalue weighted by Crippen LogP contribution is -2.33. The molecule has 0 aromatic heterocycles. The molecule has 0 aliphatic carbocycles. The van der Waals surface area contributed by atoms with Crippen molar-refractivity contribution in [1.82, 2.24) is 4.72 Å². The van der Waals surface area contributed by atoms with Crippen LogP contribution in [0.2, 0.25) is 0 Å².